The van der Waals surface area contributed by atoms with E-state index in [1.54, 1.807) is 22.8 Å². The third kappa shape index (κ3) is 3.95. The summed E-state index contributed by atoms with van der Waals surface area (Å²) in [4.78, 5) is 42.2. The standard InChI is InChI=1S/C23H30N2O5/c1-15-13-24(14-16(2)29-15)22(28)17(3)25-11-10-23(9-8-21(25)27)12-19(26)18-6-4-5-7-20(18)30-23/h4-7,15-17H,8-14H2,1-3H3. The van der Waals surface area contributed by atoms with Gasteiger partial charge < -0.3 is 19.3 Å². The van der Waals surface area contributed by atoms with Crippen molar-refractivity contribution in [1.82, 2.24) is 9.80 Å². The molecule has 2 amide bonds. The fraction of sp³-hybridized carbons (Fsp3) is 0.609. The van der Waals surface area contributed by atoms with E-state index in [2.05, 4.69) is 0 Å². The Morgan fingerprint density at radius 3 is 2.57 bits per heavy atom. The first kappa shape index (κ1) is 20.8. The molecule has 7 heteroatoms. The molecule has 7 nitrogen and oxygen atoms in total. The van der Waals surface area contributed by atoms with Crippen molar-refractivity contribution >= 4 is 17.6 Å². The SMILES string of the molecule is CC1CN(C(=O)C(C)N2CCC3(CCC2=O)CC(=O)c2ccccc2O3)CC(C)O1. The fourth-order valence-corrected chi connectivity index (χ4v) is 4.94. The van der Waals surface area contributed by atoms with E-state index < -0.39 is 11.6 Å². The molecule has 0 radical (unpaired) electrons. The van der Waals surface area contributed by atoms with Crippen LogP contribution in [-0.2, 0) is 14.3 Å². The Hall–Kier alpha value is -2.41. The Morgan fingerprint density at radius 1 is 1.13 bits per heavy atom. The summed E-state index contributed by atoms with van der Waals surface area (Å²) in [5, 5.41) is 0. The predicted octanol–water partition coefficient (Wildman–Crippen LogP) is 2.43. The van der Waals surface area contributed by atoms with Gasteiger partial charge in [0, 0.05) is 32.5 Å². The highest BCUT2D eigenvalue weighted by Gasteiger charge is 2.44. The van der Waals surface area contributed by atoms with E-state index in [4.69, 9.17) is 9.47 Å². The molecule has 2 fully saturated rings. The number of para-hydroxylation sites is 1. The summed E-state index contributed by atoms with van der Waals surface area (Å²) < 4.78 is 12.0. The number of nitrogens with zero attached hydrogens (tertiary/aromatic N) is 2. The van der Waals surface area contributed by atoms with E-state index in [9.17, 15) is 14.4 Å². The van der Waals surface area contributed by atoms with Crippen molar-refractivity contribution in [3.05, 3.63) is 29.8 Å². The molecular weight excluding hydrogens is 384 g/mol. The molecule has 0 saturated carbocycles. The minimum atomic E-state index is -0.680. The van der Waals surface area contributed by atoms with Crippen LogP contribution in [0.25, 0.3) is 0 Å². The van der Waals surface area contributed by atoms with Gasteiger partial charge in [-0.3, -0.25) is 14.4 Å². The molecule has 3 heterocycles. The number of ether oxygens (including phenoxy) is 2. The minimum Gasteiger partial charge on any atom is -0.486 e. The molecule has 0 N–H and O–H groups in total. The number of hydrogen-bond donors (Lipinski definition) is 0. The van der Waals surface area contributed by atoms with Crippen LogP contribution in [0.15, 0.2) is 24.3 Å². The number of fused-ring (bicyclic) bond motifs is 1. The molecule has 2 saturated heterocycles. The Balaban J connectivity index is 1.48. The molecule has 162 valence electrons. The number of morpholine rings is 1. The first-order valence-corrected chi connectivity index (χ1v) is 10.8. The summed E-state index contributed by atoms with van der Waals surface area (Å²) in [6, 6.07) is 6.73. The highest BCUT2D eigenvalue weighted by Crippen LogP contribution is 2.39. The van der Waals surface area contributed by atoms with Crippen molar-refractivity contribution in [3.63, 3.8) is 0 Å². The Kier molecular flexibility index (Phi) is 5.57. The lowest BCUT2D eigenvalue weighted by molar-refractivity contribution is -0.152. The van der Waals surface area contributed by atoms with E-state index in [-0.39, 0.29) is 42.6 Å². The summed E-state index contributed by atoms with van der Waals surface area (Å²) in [7, 11) is 0. The van der Waals surface area contributed by atoms with Crippen LogP contribution in [0.5, 0.6) is 5.75 Å². The van der Waals surface area contributed by atoms with Gasteiger partial charge in [-0.1, -0.05) is 12.1 Å². The van der Waals surface area contributed by atoms with Crippen molar-refractivity contribution in [2.24, 2.45) is 0 Å². The Labute approximate surface area is 177 Å². The molecule has 0 aromatic heterocycles. The lowest BCUT2D eigenvalue weighted by atomic mass is 9.84. The molecule has 4 rings (SSSR count). The van der Waals surface area contributed by atoms with Crippen LogP contribution in [0.2, 0.25) is 0 Å². The van der Waals surface area contributed by atoms with Gasteiger partial charge in [-0.2, -0.15) is 0 Å². The molecule has 0 bridgehead atoms. The van der Waals surface area contributed by atoms with Gasteiger partial charge in [-0.05, 0) is 39.3 Å². The van der Waals surface area contributed by atoms with E-state index in [1.165, 1.54) is 0 Å². The van der Waals surface area contributed by atoms with Crippen molar-refractivity contribution in [2.75, 3.05) is 19.6 Å². The second kappa shape index (κ2) is 8.02. The van der Waals surface area contributed by atoms with Crippen LogP contribution in [0, 0.1) is 0 Å². The molecular formula is C23H30N2O5. The average molecular weight is 415 g/mol. The monoisotopic (exact) mass is 414 g/mol. The third-order valence-electron chi connectivity index (χ3n) is 6.48. The number of amides is 2. The number of hydrogen-bond acceptors (Lipinski definition) is 5. The Bertz CT molecular complexity index is 846. The van der Waals surface area contributed by atoms with E-state index in [0.717, 1.165) is 0 Å². The number of likely N-dealkylation sites (tertiary alicyclic amines) is 1. The van der Waals surface area contributed by atoms with Crippen LogP contribution in [0.3, 0.4) is 0 Å². The molecule has 3 aliphatic heterocycles. The smallest absolute Gasteiger partial charge is 0.245 e. The van der Waals surface area contributed by atoms with Crippen LogP contribution < -0.4 is 4.74 Å². The van der Waals surface area contributed by atoms with Crippen molar-refractivity contribution in [2.45, 2.75) is 70.3 Å². The van der Waals surface area contributed by atoms with Gasteiger partial charge in [0.15, 0.2) is 5.78 Å². The largest absolute Gasteiger partial charge is 0.486 e. The zero-order valence-electron chi connectivity index (χ0n) is 17.9. The molecule has 1 aromatic carbocycles. The maximum Gasteiger partial charge on any atom is 0.245 e. The Morgan fingerprint density at radius 2 is 1.83 bits per heavy atom. The summed E-state index contributed by atoms with van der Waals surface area (Å²) in [6.07, 6.45) is 1.51. The molecule has 3 aliphatic rings. The molecule has 30 heavy (non-hydrogen) atoms. The molecule has 0 aliphatic carbocycles. The summed E-state index contributed by atoms with van der Waals surface area (Å²) in [5.41, 5.74) is -0.0738. The first-order valence-electron chi connectivity index (χ1n) is 10.8. The van der Waals surface area contributed by atoms with Crippen LogP contribution in [0.4, 0.5) is 0 Å². The number of rotatable bonds is 2. The van der Waals surface area contributed by atoms with Crippen molar-refractivity contribution in [1.29, 1.82) is 0 Å². The highest BCUT2D eigenvalue weighted by molar-refractivity contribution is 6.00. The number of Topliss-reactive ketones (excluding diaryl/α,β-unsaturated/α-hetero) is 1. The maximum atomic E-state index is 13.1. The van der Waals surface area contributed by atoms with Gasteiger partial charge in [-0.15, -0.1) is 0 Å². The second-order valence-electron chi connectivity index (χ2n) is 8.89. The molecule has 1 aromatic rings. The summed E-state index contributed by atoms with van der Waals surface area (Å²) in [5.74, 6) is 0.539. The number of carbonyl (C=O) groups is 3. The summed E-state index contributed by atoms with van der Waals surface area (Å²) in [6.45, 7) is 7.18. The van der Waals surface area contributed by atoms with Gasteiger partial charge in [0.25, 0.3) is 0 Å². The number of carbonyl (C=O) groups excluding carboxylic acids is 3. The molecule has 4 unspecified atom stereocenters. The lowest BCUT2D eigenvalue weighted by Crippen LogP contribution is -2.55. The van der Waals surface area contributed by atoms with Crippen LogP contribution in [-0.4, -0.2) is 70.9 Å². The third-order valence-corrected chi connectivity index (χ3v) is 6.48. The van der Waals surface area contributed by atoms with Crippen LogP contribution in [0.1, 0.15) is 56.8 Å². The molecule has 4 atom stereocenters. The van der Waals surface area contributed by atoms with Crippen LogP contribution >= 0.6 is 0 Å². The lowest BCUT2D eigenvalue weighted by Gasteiger charge is -2.39. The topological polar surface area (TPSA) is 76.2 Å². The quantitative estimate of drug-likeness (QED) is 0.743. The minimum absolute atomic E-state index is 0.0188. The van der Waals surface area contributed by atoms with Gasteiger partial charge in [0.1, 0.15) is 17.4 Å². The summed E-state index contributed by atoms with van der Waals surface area (Å²) >= 11 is 0. The molecule has 1 spiro atoms. The van der Waals surface area contributed by atoms with Gasteiger partial charge in [0.2, 0.25) is 11.8 Å². The van der Waals surface area contributed by atoms with Crippen molar-refractivity contribution < 1.29 is 23.9 Å². The van der Waals surface area contributed by atoms with Gasteiger partial charge in [-0.25, -0.2) is 0 Å². The maximum absolute atomic E-state index is 13.1. The highest BCUT2D eigenvalue weighted by atomic mass is 16.5. The van der Waals surface area contributed by atoms with Gasteiger partial charge >= 0.3 is 0 Å². The zero-order valence-corrected chi connectivity index (χ0v) is 17.9. The van der Waals surface area contributed by atoms with E-state index in [0.29, 0.717) is 43.8 Å². The average Bonchev–Trinajstić information content (AvgIpc) is 2.85. The van der Waals surface area contributed by atoms with Crippen molar-refractivity contribution in [3.8, 4) is 5.75 Å². The normalized spacial score (nSPS) is 30.5. The predicted molar refractivity (Wildman–Crippen MR) is 110 cm³/mol. The first-order chi connectivity index (χ1) is 14.3. The second-order valence-corrected chi connectivity index (χ2v) is 8.89. The van der Waals surface area contributed by atoms with E-state index in [1.807, 2.05) is 32.0 Å². The number of benzene rings is 1. The fourth-order valence-electron chi connectivity index (χ4n) is 4.94. The zero-order chi connectivity index (χ0) is 21.5. The van der Waals surface area contributed by atoms with E-state index >= 15 is 0 Å². The number of ketones is 1. The van der Waals surface area contributed by atoms with Gasteiger partial charge in [0.05, 0.1) is 24.2 Å².